The zero-order valence-electron chi connectivity index (χ0n) is 24.8. The van der Waals surface area contributed by atoms with Crippen LogP contribution in [0.4, 0.5) is 31.9 Å². The van der Waals surface area contributed by atoms with Crippen molar-refractivity contribution >= 4 is 50.0 Å². The molecule has 0 amide bonds. The Hall–Kier alpha value is -4.14. The monoisotopic (exact) mass is 636 g/mol. The lowest BCUT2D eigenvalue weighted by molar-refractivity contribution is 0.103. The van der Waals surface area contributed by atoms with E-state index in [0.717, 1.165) is 49.7 Å². The van der Waals surface area contributed by atoms with Crippen molar-refractivity contribution in [3.63, 3.8) is 0 Å². The zero-order chi connectivity index (χ0) is 31.3. The number of fused-ring (bicyclic) bond motifs is 1. The average Bonchev–Trinajstić information content (AvgIpc) is 3.64. The Labute approximate surface area is 259 Å². The van der Waals surface area contributed by atoms with Gasteiger partial charge in [-0.1, -0.05) is 0 Å². The number of rotatable bonds is 9. The molecule has 1 saturated carbocycles. The molecule has 0 unspecified atom stereocenters. The van der Waals surface area contributed by atoms with Gasteiger partial charge in [-0.15, -0.1) is 0 Å². The summed E-state index contributed by atoms with van der Waals surface area (Å²) in [6.07, 6.45) is 3.35. The largest absolute Gasteiger partial charge is 0.369 e. The van der Waals surface area contributed by atoms with Crippen LogP contribution < -0.4 is 15.5 Å². The summed E-state index contributed by atoms with van der Waals surface area (Å²) in [5.74, 6) is -1.85. The maximum atomic E-state index is 14.6. The molecule has 3 N–H and O–H groups in total. The Balaban J connectivity index is 1.19. The maximum Gasteiger partial charge on any atom is 0.231 e. The first-order valence-corrected chi connectivity index (χ1v) is 16.6. The summed E-state index contributed by atoms with van der Waals surface area (Å²) in [4.78, 5) is 30.5. The van der Waals surface area contributed by atoms with E-state index >= 15 is 0 Å². The summed E-state index contributed by atoms with van der Waals surface area (Å²) in [5.41, 5.74) is 2.04. The number of carbonyl (C=O) groups is 1. The summed E-state index contributed by atoms with van der Waals surface area (Å²) in [5, 5.41) is 6.62. The molecule has 14 heteroatoms. The number of benzene rings is 2. The molecule has 0 spiro atoms. The van der Waals surface area contributed by atoms with E-state index in [1.165, 1.54) is 10.5 Å². The standard InChI is InChI=1S/C31H34F2N8O3S/c1-39-12-14-40(15-13-39)22-5-3-20(4-6-22)36-31-37-29-27(25(17-34-29)28(42)24-9-2-19(32)16-26(24)33)30(38-31)35-21-10-11-41(18-21)45(43,44)23-7-8-23/h2-6,9,16-17,21,23H,7-8,10-15,18H2,1H3,(H3,34,35,36,37,38)/t21-/m0/s1. The molecule has 0 bridgehead atoms. The lowest BCUT2D eigenvalue weighted by atomic mass is 10.0. The normalized spacial score (nSPS) is 19.7. The highest BCUT2D eigenvalue weighted by molar-refractivity contribution is 7.90. The summed E-state index contributed by atoms with van der Waals surface area (Å²) in [7, 11) is -1.22. The van der Waals surface area contributed by atoms with Gasteiger partial charge in [0.15, 0.2) is 5.78 Å². The number of hydrogen-bond acceptors (Lipinski definition) is 9. The van der Waals surface area contributed by atoms with Crippen molar-refractivity contribution in [3.05, 3.63) is 71.4 Å². The van der Waals surface area contributed by atoms with Crippen molar-refractivity contribution < 1.29 is 22.0 Å². The highest BCUT2D eigenvalue weighted by Crippen LogP contribution is 2.34. The Morgan fingerprint density at radius 3 is 2.42 bits per heavy atom. The van der Waals surface area contributed by atoms with E-state index in [4.69, 9.17) is 4.98 Å². The number of carbonyl (C=O) groups excluding carboxylic acids is 1. The number of nitrogens with one attached hydrogen (secondary N) is 3. The predicted octanol–water partition coefficient (Wildman–Crippen LogP) is 3.94. The third-order valence-electron chi connectivity index (χ3n) is 8.74. The lowest BCUT2D eigenvalue weighted by Gasteiger charge is -2.34. The summed E-state index contributed by atoms with van der Waals surface area (Å²) < 4.78 is 55.4. The van der Waals surface area contributed by atoms with E-state index in [9.17, 15) is 22.0 Å². The van der Waals surface area contributed by atoms with Crippen molar-refractivity contribution in [2.45, 2.75) is 30.6 Å². The second kappa shape index (κ2) is 11.7. The van der Waals surface area contributed by atoms with Crippen molar-refractivity contribution in [3.8, 4) is 0 Å². The van der Waals surface area contributed by atoms with Gasteiger partial charge in [-0.05, 0) is 62.7 Å². The van der Waals surface area contributed by atoms with E-state index in [0.29, 0.717) is 48.7 Å². The number of nitrogens with zero attached hydrogens (tertiary/aromatic N) is 5. The highest BCUT2D eigenvalue weighted by Gasteiger charge is 2.43. The maximum absolute atomic E-state index is 14.6. The second-order valence-electron chi connectivity index (χ2n) is 12.0. The van der Waals surface area contributed by atoms with Gasteiger partial charge in [-0.25, -0.2) is 17.2 Å². The molecule has 2 aromatic heterocycles. The van der Waals surface area contributed by atoms with Crippen LogP contribution >= 0.6 is 0 Å². The molecule has 2 saturated heterocycles. The SMILES string of the molecule is CN1CCN(c2ccc(Nc3nc(N[C@H]4CCN(S(=O)(=O)C5CC5)C4)c4c(C(=O)c5ccc(F)cc5F)c[nH]c4n3)cc2)CC1. The minimum atomic E-state index is -3.34. The number of anilines is 4. The molecule has 45 heavy (non-hydrogen) atoms. The van der Waals surface area contributed by atoms with E-state index in [1.54, 1.807) is 0 Å². The van der Waals surface area contributed by atoms with Crippen LogP contribution in [0, 0.1) is 11.6 Å². The number of aromatic nitrogens is 3. The quantitative estimate of drug-likeness (QED) is 0.234. The van der Waals surface area contributed by atoms with Crippen molar-refractivity contribution in [1.29, 1.82) is 0 Å². The predicted molar refractivity (Wildman–Crippen MR) is 169 cm³/mol. The van der Waals surface area contributed by atoms with Gasteiger partial charge in [0, 0.05) is 68.9 Å². The van der Waals surface area contributed by atoms with E-state index in [1.807, 2.05) is 24.3 Å². The molecule has 3 fully saturated rings. The highest BCUT2D eigenvalue weighted by atomic mass is 32.2. The first-order valence-electron chi connectivity index (χ1n) is 15.1. The number of H-pyrrole nitrogens is 1. The molecule has 1 aliphatic carbocycles. The Bertz CT molecular complexity index is 1850. The van der Waals surface area contributed by atoms with Gasteiger partial charge in [0.1, 0.15) is 23.1 Å². The molecular weight excluding hydrogens is 602 g/mol. The zero-order valence-corrected chi connectivity index (χ0v) is 25.6. The molecule has 2 aliphatic heterocycles. The molecule has 4 aromatic rings. The molecular formula is C31H34F2N8O3S. The summed E-state index contributed by atoms with van der Waals surface area (Å²) in [6, 6.07) is 10.5. The average molecular weight is 637 g/mol. The minimum absolute atomic E-state index is 0.113. The molecule has 1 atom stereocenters. The van der Waals surface area contributed by atoms with Crippen LogP contribution in [0.5, 0.6) is 0 Å². The van der Waals surface area contributed by atoms with Crippen LogP contribution in [0.1, 0.15) is 35.2 Å². The van der Waals surface area contributed by atoms with Crippen molar-refractivity contribution in [2.75, 3.05) is 61.8 Å². The van der Waals surface area contributed by atoms with E-state index < -0.39 is 27.4 Å². The van der Waals surface area contributed by atoms with Crippen LogP contribution in [0.25, 0.3) is 11.0 Å². The first kappa shape index (κ1) is 29.6. The van der Waals surface area contributed by atoms with Crippen LogP contribution in [-0.4, -0.2) is 96.0 Å². The van der Waals surface area contributed by atoms with Gasteiger partial charge in [0.05, 0.1) is 21.8 Å². The number of piperazine rings is 1. The lowest BCUT2D eigenvalue weighted by Crippen LogP contribution is -2.44. The van der Waals surface area contributed by atoms with Gasteiger partial charge in [-0.2, -0.15) is 14.3 Å². The second-order valence-corrected chi connectivity index (χ2v) is 14.2. The van der Waals surface area contributed by atoms with Gasteiger partial charge in [0.2, 0.25) is 16.0 Å². The number of aromatic amines is 1. The number of hydrogen-bond donors (Lipinski definition) is 3. The van der Waals surface area contributed by atoms with Crippen LogP contribution in [-0.2, 0) is 10.0 Å². The molecule has 4 heterocycles. The van der Waals surface area contributed by atoms with Crippen LogP contribution in [0.3, 0.4) is 0 Å². The smallest absolute Gasteiger partial charge is 0.231 e. The fourth-order valence-corrected chi connectivity index (χ4v) is 7.89. The Morgan fingerprint density at radius 1 is 0.956 bits per heavy atom. The summed E-state index contributed by atoms with van der Waals surface area (Å²) >= 11 is 0. The van der Waals surface area contributed by atoms with E-state index in [-0.39, 0.29) is 34.9 Å². The molecule has 2 aromatic carbocycles. The summed E-state index contributed by atoms with van der Waals surface area (Å²) in [6.45, 7) is 4.56. The molecule has 0 radical (unpaired) electrons. The first-order chi connectivity index (χ1) is 21.7. The number of ketones is 1. The third kappa shape index (κ3) is 5.97. The van der Waals surface area contributed by atoms with E-state index in [2.05, 4.69) is 37.4 Å². The molecule has 236 valence electrons. The van der Waals surface area contributed by atoms with Crippen LogP contribution in [0.2, 0.25) is 0 Å². The van der Waals surface area contributed by atoms with Gasteiger partial charge < -0.3 is 25.4 Å². The molecule has 3 aliphatic rings. The van der Waals surface area contributed by atoms with Gasteiger partial charge in [-0.3, -0.25) is 4.79 Å². The van der Waals surface area contributed by atoms with Gasteiger partial charge >= 0.3 is 0 Å². The number of sulfonamides is 1. The fourth-order valence-electron chi connectivity index (χ4n) is 5.99. The number of likely N-dealkylation sites (N-methyl/N-ethyl adjacent to an activating group) is 1. The minimum Gasteiger partial charge on any atom is -0.369 e. The number of halogens is 2. The van der Waals surface area contributed by atoms with Crippen molar-refractivity contribution in [2.24, 2.45) is 0 Å². The van der Waals surface area contributed by atoms with Gasteiger partial charge in [0.25, 0.3) is 0 Å². The fraction of sp³-hybridized carbons (Fsp3) is 0.387. The Morgan fingerprint density at radius 2 is 1.71 bits per heavy atom. The molecule has 11 nitrogen and oxygen atoms in total. The third-order valence-corrected chi connectivity index (χ3v) is 11.1. The van der Waals surface area contributed by atoms with Crippen molar-refractivity contribution in [1.82, 2.24) is 24.2 Å². The molecule has 7 rings (SSSR count). The Kier molecular flexibility index (Phi) is 7.66. The topological polar surface area (TPSA) is 127 Å². The van der Waals surface area contributed by atoms with Crippen LogP contribution in [0.15, 0.2) is 48.7 Å².